The lowest BCUT2D eigenvalue weighted by atomic mass is 9.79. The number of nitrogens with one attached hydrogen (secondary N) is 2. The van der Waals surface area contributed by atoms with Crippen LogP contribution >= 0.6 is 11.6 Å². The number of hydrogen-bond donors (Lipinski definition) is 4. The van der Waals surface area contributed by atoms with E-state index in [-0.39, 0.29) is 11.4 Å². The summed E-state index contributed by atoms with van der Waals surface area (Å²) in [5.74, 6) is -1.00. The van der Waals surface area contributed by atoms with Crippen molar-refractivity contribution >= 4 is 34.7 Å². The number of rotatable bonds is 7. The molecule has 1 aliphatic carbocycles. The van der Waals surface area contributed by atoms with Crippen LogP contribution in [0.25, 0.3) is 0 Å². The van der Waals surface area contributed by atoms with E-state index < -0.39 is 17.4 Å². The third-order valence-corrected chi connectivity index (χ3v) is 6.22. The zero-order valence-electron chi connectivity index (χ0n) is 17.4. The van der Waals surface area contributed by atoms with E-state index in [1.807, 2.05) is 24.3 Å². The zero-order valence-corrected chi connectivity index (χ0v) is 18.1. The van der Waals surface area contributed by atoms with Crippen LogP contribution in [0.15, 0.2) is 48.8 Å². The molecule has 0 atom stereocenters. The zero-order chi connectivity index (χ0) is 22.7. The summed E-state index contributed by atoms with van der Waals surface area (Å²) < 4.78 is 15.2. The van der Waals surface area contributed by atoms with Gasteiger partial charge in [0.2, 0.25) is 5.95 Å². The second kappa shape index (κ2) is 9.13. The van der Waals surface area contributed by atoms with Gasteiger partial charge in [0.05, 0.1) is 5.54 Å². The average Bonchev–Trinajstić information content (AvgIpc) is 3.21. The Labute approximate surface area is 190 Å². The molecule has 1 amide bonds. The van der Waals surface area contributed by atoms with Crippen molar-refractivity contribution < 1.29 is 9.18 Å². The number of aromatic nitrogens is 3. The van der Waals surface area contributed by atoms with Gasteiger partial charge in [0.25, 0.3) is 5.91 Å². The number of hydrogen-bond acceptors (Lipinski definition) is 6. The molecule has 168 valence electrons. The third kappa shape index (κ3) is 4.68. The number of nitrogens with zero attached hydrogens (tertiary/aromatic N) is 3. The minimum absolute atomic E-state index is 0.219. The van der Waals surface area contributed by atoms with Crippen LogP contribution in [0.4, 0.5) is 21.6 Å². The minimum Gasteiger partial charge on any atom is -0.382 e. The van der Waals surface area contributed by atoms with Crippen molar-refractivity contribution in [1.29, 1.82) is 0 Å². The highest BCUT2D eigenvalue weighted by Gasteiger charge is 2.37. The Morgan fingerprint density at radius 2 is 1.94 bits per heavy atom. The van der Waals surface area contributed by atoms with E-state index in [9.17, 15) is 9.18 Å². The molecule has 1 fully saturated rings. The molecule has 8 nitrogen and oxygen atoms in total. The molecule has 0 spiro atoms. The quantitative estimate of drug-likeness (QED) is 0.402. The number of halogens is 2. The highest BCUT2D eigenvalue weighted by Crippen LogP contribution is 2.36. The minimum atomic E-state index is -0.639. The van der Waals surface area contributed by atoms with Crippen molar-refractivity contribution in [3.63, 3.8) is 0 Å². The first kappa shape index (κ1) is 22.0. The summed E-state index contributed by atoms with van der Waals surface area (Å²) in [6, 6.07) is 10.7. The molecule has 2 heterocycles. The van der Waals surface area contributed by atoms with Gasteiger partial charge in [-0.05, 0) is 56.0 Å². The molecule has 6 N–H and O–H groups in total. The Balaban J connectivity index is 1.52. The Morgan fingerprint density at radius 1 is 1.22 bits per heavy atom. The lowest BCUT2D eigenvalue weighted by molar-refractivity contribution is 0.100. The van der Waals surface area contributed by atoms with Crippen molar-refractivity contribution in [2.45, 2.75) is 37.3 Å². The molecule has 4 rings (SSSR count). The van der Waals surface area contributed by atoms with Crippen LogP contribution in [0.5, 0.6) is 0 Å². The maximum Gasteiger partial charge on any atom is 0.254 e. The van der Waals surface area contributed by atoms with E-state index in [1.54, 1.807) is 16.9 Å². The predicted octanol–water partition coefficient (Wildman–Crippen LogP) is 3.62. The predicted molar refractivity (Wildman–Crippen MR) is 123 cm³/mol. The fourth-order valence-electron chi connectivity index (χ4n) is 4.11. The van der Waals surface area contributed by atoms with Crippen LogP contribution in [-0.4, -0.2) is 33.3 Å². The SMILES string of the molecule is NCC1(n2cc(C(N)=O)c(Nc3ccnc(F)c3)n2)CCC(Nc2ccc(Cl)cc2)CC1. The summed E-state index contributed by atoms with van der Waals surface area (Å²) in [5.41, 5.74) is 13.0. The lowest BCUT2D eigenvalue weighted by Gasteiger charge is -2.40. The molecule has 10 heteroatoms. The molecule has 0 aliphatic heterocycles. The Morgan fingerprint density at radius 3 is 2.56 bits per heavy atom. The van der Waals surface area contributed by atoms with Gasteiger partial charge in [-0.25, -0.2) is 4.98 Å². The van der Waals surface area contributed by atoms with Crippen LogP contribution in [-0.2, 0) is 5.54 Å². The van der Waals surface area contributed by atoms with Gasteiger partial charge in [-0.2, -0.15) is 9.49 Å². The molecule has 0 bridgehead atoms. The molecule has 1 saturated carbocycles. The van der Waals surface area contributed by atoms with Gasteiger partial charge in [-0.3, -0.25) is 9.48 Å². The number of benzene rings is 1. The first-order valence-electron chi connectivity index (χ1n) is 10.4. The summed E-state index contributed by atoms with van der Waals surface area (Å²) in [7, 11) is 0. The average molecular weight is 458 g/mol. The van der Waals surface area contributed by atoms with Crippen LogP contribution in [0.2, 0.25) is 5.02 Å². The summed E-state index contributed by atoms with van der Waals surface area (Å²) in [5, 5.41) is 11.8. The van der Waals surface area contributed by atoms with Crippen LogP contribution in [0.3, 0.4) is 0 Å². The van der Waals surface area contributed by atoms with E-state index in [4.69, 9.17) is 23.1 Å². The number of primary amides is 1. The number of amides is 1. The molecule has 32 heavy (non-hydrogen) atoms. The Kier molecular flexibility index (Phi) is 6.29. The van der Waals surface area contributed by atoms with Gasteiger partial charge in [-0.1, -0.05) is 11.6 Å². The summed E-state index contributed by atoms with van der Waals surface area (Å²) in [6.07, 6.45) is 6.26. The third-order valence-electron chi connectivity index (χ3n) is 5.97. The number of anilines is 3. The molecule has 0 unspecified atom stereocenters. The number of carbonyl (C=O) groups is 1. The van der Waals surface area contributed by atoms with Gasteiger partial charge < -0.3 is 22.1 Å². The highest BCUT2D eigenvalue weighted by atomic mass is 35.5. The van der Waals surface area contributed by atoms with Gasteiger partial charge in [-0.15, -0.1) is 0 Å². The van der Waals surface area contributed by atoms with Crippen molar-refractivity contribution in [3.8, 4) is 0 Å². The van der Waals surface area contributed by atoms with Crippen molar-refractivity contribution in [3.05, 3.63) is 65.3 Å². The molecule has 0 saturated heterocycles. The molecule has 2 aromatic heterocycles. The second-order valence-corrected chi connectivity index (χ2v) is 8.48. The van der Waals surface area contributed by atoms with Crippen molar-refractivity contribution in [1.82, 2.24) is 14.8 Å². The summed E-state index contributed by atoms with van der Waals surface area (Å²) in [4.78, 5) is 15.6. The first-order chi connectivity index (χ1) is 15.4. The molecule has 0 radical (unpaired) electrons. The maximum atomic E-state index is 13.5. The summed E-state index contributed by atoms with van der Waals surface area (Å²) >= 11 is 5.96. The fourth-order valence-corrected chi connectivity index (χ4v) is 4.24. The molecule has 3 aromatic rings. The van der Waals surface area contributed by atoms with E-state index >= 15 is 0 Å². The Hall–Kier alpha value is -3.17. The molecular weight excluding hydrogens is 433 g/mol. The number of nitrogens with two attached hydrogens (primary N) is 2. The molecule has 1 aliphatic rings. The van der Waals surface area contributed by atoms with E-state index in [0.717, 1.165) is 31.4 Å². The normalized spacial score (nSPS) is 20.7. The topological polar surface area (TPSA) is 124 Å². The number of carbonyl (C=O) groups excluding carboxylic acids is 1. The van der Waals surface area contributed by atoms with E-state index in [0.29, 0.717) is 23.3 Å². The van der Waals surface area contributed by atoms with Crippen molar-refractivity contribution in [2.24, 2.45) is 11.5 Å². The van der Waals surface area contributed by atoms with Crippen LogP contribution in [0, 0.1) is 5.95 Å². The van der Waals surface area contributed by atoms with Gasteiger partial charge in [0.15, 0.2) is 5.82 Å². The maximum absolute atomic E-state index is 13.5. The first-order valence-corrected chi connectivity index (χ1v) is 10.8. The second-order valence-electron chi connectivity index (χ2n) is 8.05. The van der Waals surface area contributed by atoms with Gasteiger partial charge >= 0.3 is 0 Å². The Bertz CT molecular complexity index is 1090. The van der Waals surface area contributed by atoms with Crippen LogP contribution in [0.1, 0.15) is 36.0 Å². The van der Waals surface area contributed by atoms with E-state index in [2.05, 4.69) is 20.7 Å². The van der Waals surface area contributed by atoms with Crippen molar-refractivity contribution in [2.75, 3.05) is 17.2 Å². The number of pyridine rings is 1. The van der Waals surface area contributed by atoms with E-state index in [1.165, 1.54) is 12.3 Å². The summed E-state index contributed by atoms with van der Waals surface area (Å²) in [6.45, 7) is 0.365. The van der Waals surface area contributed by atoms with Crippen LogP contribution < -0.4 is 22.1 Å². The van der Waals surface area contributed by atoms with Gasteiger partial charge in [0.1, 0.15) is 5.56 Å². The fraction of sp³-hybridized carbons (Fsp3) is 0.318. The monoisotopic (exact) mass is 457 g/mol. The lowest BCUT2D eigenvalue weighted by Crippen LogP contribution is -2.46. The highest BCUT2D eigenvalue weighted by molar-refractivity contribution is 6.30. The standard InChI is InChI=1S/C22H25ClFN7O/c23-14-1-3-15(4-2-14)28-16-5-8-22(13-25,9-6-16)31-12-18(20(26)32)21(30-31)29-17-7-10-27-19(24)11-17/h1-4,7,10-12,16,28H,5-6,8-9,13,25H2,(H2,26,32)(H,27,29,30). The largest absolute Gasteiger partial charge is 0.382 e. The van der Waals surface area contributed by atoms with Gasteiger partial charge in [0, 0.05) is 47.4 Å². The molecule has 1 aromatic carbocycles. The molecular formula is C22H25ClFN7O. The smallest absolute Gasteiger partial charge is 0.254 e.